The van der Waals surface area contributed by atoms with E-state index in [1.807, 2.05) is 0 Å². The van der Waals surface area contributed by atoms with Crippen LogP contribution in [0.1, 0.15) is 11.8 Å². The number of thiophene rings is 1. The largest absolute Gasteiger partial charge is 0.300 e. The lowest BCUT2D eigenvalue weighted by Gasteiger charge is -2.52. The number of fused-ring (bicyclic) bond motifs is 1. The molecule has 18 heavy (non-hydrogen) atoms. The molecule has 5 heterocycles. The van der Waals surface area contributed by atoms with Crippen molar-refractivity contribution in [2.24, 2.45) is 5.41 Å². The molecule has 2 unspecified atom stereocenters. The molecule has 0 amide bonds. The third-order valence-corrected chi connectivity index (χ3v) is 5.91. The van der Waals surface area contributed by atoms with Gasteiger partial charge in [0.15, 0.2) is 5.78 Å². The Hall–Kier alpha value is -0.710. The molecule has 4 heteroatoms. The molecule has 96 valence electrons. The Kier molecular flexibility index (Phi) is 2.13. The molecule has 0 N–H and O–H groups in total. The van der Waals surface area contributed by atoms with Crippen molar-refractivity contribution >= 4 is 17.1 Å². The predicted molar refractivity (Wildman–Crippen MR) is 72.0 cm³/mol. The highest BCUT2D eigenvalue weighted by atomic mass is 32.1. The van der Waals surface area contributed by atoms with Crippen molar-refractivity contribution < 1.29 is 4.79 Å². The molecule has 4 bridgehead atoms. The van der Waals surface area contributed by atoms with Gasteiger partial charge in [0.25, 0.3) is 0 Å². The van der Waals surface area contributed by atoms with Crippen LogP contribution in [0.2, 0.25) is 0 Å². The highest BCUT2D eigenvalue weighted by molar-refractivity contribution is 7.10. The van der Waals surface area contributed by atoms with E-state index in [-0.39, 0.29) is 10.8 Å². The number of carbonyl (C=O) groups is 1. The van der Waals surface area contributed by atoms with Crippen molar-refractivity contribution in [3.05, 3.63) is 22.4 Å². The molecule has 0 spiro atoms. The second-order valence-electron chi connectivity index (χ2n) is 6.37. The minimum Gasteiger partial charge on any atom is -0.300 e. The first kappa shape index (κ1) is 11.1. The Morgan fingerprint density at radius 2 is 1.83 bits per heavy atom. The van der Waals surface area contributed by atoms with Crippen LogP contribution in [-0.2, 0) is 10.2 Å². The molecule has 0 aromatic carbocycles. The Morgan fingerprint density at radius 3 is 2.39 bits per heavy atom. The maximum atomic E-state index is 13.0. The van der Waals surface area contributed by atoms with Gasteiger partial charge in [-0.3, -0.25) is 14.6 Å². The zero-order chi connectivity index (χ0) is 12.4. The number of carbonyl (C=O) groups excluding carboxylic acids is 1. The highest BCUT2D eigenvalue weighted by Crippen LogP contribution is 2.46. The number of hydrogen-bond donors (Lipinski definition) is 0. The van der Waals surface area contributed by atoms with Crippen LogP contribution in [0.25, 0.3) is 0 Å². The van der Waals surface area contributed by atoms with Crippen molar-refractivity contribution in [3.8, 4) is 0 Å². The first-order chi connectivity index (χ1) is 8.62. The van der Waals surface area contributed by atoms with Crippen LogP contribution in [-0.4, -0.2) is 54.9 Å². The van der Waals surface area contributed by atoms with Gasteiger partial charge in [-0.15, -0.1) is 11.3 Å². The van der Waals surface area contributed by atoms with E-state index in [2.05, 4.69) is 34.2 Å². The molecule has 4 aliphatic rings. The molecule has 3 nitrogen and oxygen atoms in total. The molecule has 0 aliphatic carbocycles. The summed E-state index contributed by atoms with van der Waals surface area (Å²) >= 11 is 1.75. The van der Waals surface area contributed by atoms with Crippen molar-refractivity contribution in [3.63, 3.8) is 0 Å². The van der Waals surface area contributed by atoms with Crippen LogP contribution in [0.4, 0.5) is 0 Å². The lowest BCUT2D eigenvalue weighted by atomic mass is 9.63. The van der Waals surface area contributed by atoms with E-state index in [9.17, 15) is 4.79 Å². The van der Waals surface area contributed by atoms with Gasteiger partial charge in [0.1, 0.15) is 0 Å². The van der Waals surface area contributed by atoms with E-state index in [0.717, 1.165) is 39.3 Å². The normalized spacial score (nSPS) is 46.4. The summed E-state index contributed by atoms with van der Waals surface area (Å²) in [5.41, 5.74) is -0.396. The summed E-state index contributed by atoms with van der Waals surface area (Å²) < 4.78 is 0. The zero-order valence-corrected chi connectivity index (χ0v) is 11.5. The molecule has 0 saturated carbocycles. The Labute approximate surface area is 111 Å². The third-order valence-electron chi connectivity index (χ3n) is 4.84. The minimum atomic E-state index is -0.240. The summed E-state index contributed by atoms with van der Waals surface area (Å²) in [7, 11) is 0. The van der Waals surface area contributed by atoms with Gasteiger partial charge in [0, 0.05) is 44.1 Å². The van der Waals surface area contributed by atoms with Crippen LogP contribution in [0, 0.1) is 5.41 Å². The van der Waals surface area contributed by atoms with Gasteiger partial charge in [0.05, 0.1) is 10.8 Å². The number of ketones is 1. The number of Topliss-reactive ketones (excluding diaryl/α,β-unsaturated/α-hetero) is 1. The summed E-state index contributed by atoms with van der Waals surface area (Å²) in [6, 6.07) is 4.23. The number of hydrogen-bond acceptors (Lipinski definition) is 4. The molecule has 4 saturated heterocycles. The van der Waals surface area contributed by atoms with Crippen molar-refractivity contribution in [2.45, 2.75) is 12.3 Å². The fourth-order valence-corrected chi connectivity index (χ4v) is 5.15. The molecule has 2 atom stereocenters. The summed E-state index contributed by atoms with van der Waals surface area (Å²) in [6.07, 6.45) is 0. The van der Waals surface area contributed by atoms with Gasteiger partial charge in [-0.25, -0.2) is 0 Å². The van der Waals surface area contributed by atoms with E-state index in [4.69, 9.17) is 0 Å². The summed E-state index contributed by atoms with van der Waals surface area (Å²) in [4.78, 5) is 19.3. The van der Waals surface area contributed by atoms with Crippen LogP contribution in [0.3, 0.4) is 0 Å². The average molecular weight is 262 g/mol. The lowest BCUT2D eigenvalue weighted by molar-refractivity contribution is -0.146. The zero-order valence-electron chi connectivity index (χ0n) is 10.7. The Balaban J connectivity index is 1.90. The van der Waals surface area contributed by atoms with E-state index in [1.54, 1.807) is 11.3 Å². The fourth-order valence-electron chi connectivity index (χ4n) is 4.24. The topological polar surface area (TPSA) is 23.6 Å². The van der Waals surface area contributed by atoms with Crippen LogP contribution >= 0.6 is 11.3 Å². The number of piperidine rings is 2. The first-order valence-corrected chi connectivity index (χ1v) is 7.54. The lowest BCUT2D eigenvalue weighted by Crippen LogP contribution is -2.68. The van der Waals surface area contributed by atoms with E-state index in [1.165, 1.54) is 4.88 Å². The van der Waals surface area contributed by atoms with Gasteiger partial charge in [-0.1, -0.05) is 13.0 Å². The minimum absolute atomic E-state index is 0.156. The van der Waals surface area contributed by atoms with E-state index >= 15 is 0 Å². The maximum absolute atomic E-state index is 13.0. The quantitative estimate of drug-likeness (QED) is 0.760. The standard InChI is InChI=1S/C14H18N2OS/c1-13-7-15-4-5-16(8-13)10-14(9-15,12(13)17)11-3-2-6-18-11/h2-3,6H,4-5,7-10H2,1H3. The van der Waals surface area contributed by atoms with Crippen molar-refractivity contribution in [1.82, 2.24) is 9.80 Å². The van der Waals surface area contributed by atoms with Crippen LogP contribution in [0.15, 0.2) is 17.5 Å². The molecule has 5 rings (SSSR count). The first-order valence-electron chi connectivity index (χ1n) is 6.66. The third kappa shape index (κ3) is 1.29. The van der Waals surface area contributed by atoms with Crippen LogP contribution in [0.5, 0.6) is 0 Å². The number of nitrogens with zero attached hydrogens (tertiary/aromatic N) is 2. The molecule has 4 fully saturated rings. The summed E-state index contributed by atoms with van der Waals surface area (Å²) in [5, 5.41) is 2.10. The fraction of sp³-hybridized carbons (Fsp3) is 0.643. The monoisotopic (exact) mass is 262 g/mol. The summed E-state index contributed by atoms with van der Waals surface area (Å²) in [6.45, 7) is 8.18. The van der Waals surface area contributed by atoms with Crippen molar-refractivity contribution in [1.29, 1.82) is 0 Å². The molecule has 0 radical (unpaired) electrons. The number of rotatable bonds is 1. The van der Waals surface area contributed by atoms with Gasteiger partial charge in [-0.05, 0) is 11.4 Å². The predicted octanol–water partition coefficient (Wildman–Crippen LogP) is 1.21. The van der Waals surface area contributed by atoms with Crippen molar-refractivity contribution in [2.75, 3.05) is 39.3 Å². The van der Waals surface area contributed by atoms with Crippen LogP contribution < -0.4 is 0 Å². The van der Waals surface area contributed by atoms with Gasteiger partial charge < -0.3 is 0 Å². The Morgan fingerprint density at radius 1 is 1.17 bits per heavy atom. The molecular formula is C14H18N2OS. The van der Waals surface area contributed by atoms with E-state index in [0.29, 0.717) is 5.78 Å². The van der Waals surface area contributed by atoms with Gasteiger partial charge in [-0.2, -0.15) is 0 Å². The molecule has 1 aromatic rings. The molecule has 1 aromatic heterocycles. The van der Waals surface area contributed by atoms with Gasteiger partial charge in [0.2, 0.25) is 0 Å². The molecular weight excluding hydrogens is 244 g/mol. The summed E-state index contributed by atoms with van der Waals surface area (Å²) in [5.74, 6) is 0.492. The SMILES string of the molecule is CC12CN3CCN(C1)CC(c1cccs1)(C3)C2=O. The Bertz CT molecular complexity index is 480. The van der Waals surface area contributed by atoms with Gasteiger partial charge >= 0.3 is 0 Å². The average Bonchev–Trinajstić information content (AvgIpc) is 2.75. The second kappa shape index (κ2) is 3.44. The smallest absolute Gasteiger partial charge is 0.155 e. The maximum Gasteiger partial charge on any atom is 0.155 e. The second-order valence-corrected chi connectivity index (χ2v) is 7.32. The molecule has 4 aliphatic heterocycles. The van der Waals surface area contributed by atoms with E-state index < -0.39 is 0 Å². The highest BCUT2D eigenvalue weighted by Gasteiger charge is 2.60.